The van der Waals surface area contributed by atoms with Crippen LogP contribution in [-0.2, 0) is 28.7 Å². The summed E-state index contributed by atoms with van der Waals surface area (Å²) in [5.41, 5.74) is 0. The maximum atomic E-state index is 14.0. The van der Waals surface area contributed by atoms with Gasteiger partial charge in [-0.15, -0.1) is 0 Å². The number of nitrogens with one attached hydrogen (secondary N) is 3. The van der Waals surface area contributed by atoms with Crippen LogP contribution in [0.4, 0.5) is 0 Å². The predicted molar refractivity (Wildman–Crippen MR) is 265 cm³/mol. The van der Waals surface area contributed by atoms with Gasteiger partial charge >= 0.3 is 0 Å². The Labute approximate surface area is 389 Å². The van der Waals surface area contributed by atoms with Gasteiger partial charge in [-0.1, -0.05) is 213 Å². The van der Waals surface area contributed by atoms with Crippen molar-refractivity contribution in [2.45, 2.75) is 265 Å². The minimum absolute atomic E-state index is 0.0364. The van der Waals surface area contributed by atoms with Crippen LogP contribution in [0.5, 0.6) is 0 Å². The van der Waals surface area contributed by atoms with E-state index in [9.17, 15) is 19.2 Å². The van der Waals surface area contributed by atoms with Crippen molar-refractivity contribution in [2.24, 2.45) is 0 Å². The van der Waals surface area contributed by atoms with Crippen LogP contribution in [0.2, 0.25) is 0 Å². The van der Waals surface area contributed by atoms with E-state index in [2.05, 4.69) is 29.8 Å². The van der Waals surface area contributed by atoms with Gasteiger partial charge in [-0.05, 0) is 25.7 Å². The fourth-order valence-electron chi connectivity index (χ4n) is 8.28. The van der Waals surface area contributed by atoms with Crippen LogP contribution in [0.25, 0.3) is 0 Å². The van der Waals surface area contributed by atoms with Crippen LogP contribution in [0.15, 0.2) is 0 Å². The number of unbranched alkanes of at least 4 members (excludes halogenated alkanes) is 30. The van der Waals surface area contributed by atoms with Gasteiger partial charge in [-0.25, -0.2) is 0 Å². The van der Waals surface area contributed by atoms with E-state index in [0.717, 1.165) is 32.1 Å². The largest absolute Gasteiger partial charge is 0.377 e. The maximum Gasteiger partial charge on any atom is 0.245 e. The Kier molecular flexibility index (Phi) is 47.5. The van der Waals surface area contributed by atoms with Gasteiger partial charge < -0.3 is 30.3 Å². The number of amides is 4. The zero-order valence-corrected chi connectivity index (χ0v) is 42.1. The average molecular weight is 893 g/mol. The number of carbonyl (C=O) groups excluding carboxylic acids is 4. The molecule has 0 heterocycles. The molecule has 1 atom stereocenters. The normalized spacial score (nSPS) is 11.7. The molecule has 63 heavy (non-hydrogen) atoms. The maximum absolute atomic E-state index is 14.0. The van der Waals surface area contributed by atoms with Crippen molar-refractivity contribution in [3.05, 3.63) is 0 Å². The summed E-state index contributed by atoms with van der Waals surface area (Å²) in [6.45, 7) is 11.8. The third-order valence-corrected chi connectivity index (χ3v) is 12.2. The van der Waals surface area contributed by atoms with Gasteiger partial charge in [0, 0.05) is 45.9 Å². The summed E-state index contributed by atoms with van der Waals surface area (Å²) in [6.07, 6.45) is 43.8. The monoisotopic (exact) mass is 893 g/mol. The number of hydrogen-bond donors (Lipinski definition) is 3. The zero-order chi connectivity index (χ0) is 46.1. The molecule has 3 N–H and O–H groups in total. The predicted octanol–water partition coefficient (Wildman–Crippen LogP) is 12.7. The van der Waals surface area contributed by atoms with Crippen molar-refractivity contribution in [2.75, 3.05) is 52.6 Å². The molecule has 0 spiro atoms. The Balaban J connectivity index is 4.64. The van der Waals surface area contributed by atoms with Gasteiger partial charge in [0.05, 0.1) is 26.4 Å². The van der Waals surface area contributed by atoms with Crippen molar-refractivity contribution in [1.82, 2.24) is 20.9 Å². The lowest BCUT2D eigenvalue weighted by molar-refractivity contribution is -0.136. The number of hydrogen-bond acceptors (Lipinski definition) is 6. The van der Waals surface area contributed by atoms with E-state index in [-0.39, 0.29) is 36.5 Å². The van der Waals surface area contributed by atoms with Gasteiger partial charge in [0.2, 0.25) is 23.6 Å². The lowest BCUT2D eigenvalue weighted by Gasteiger charge is -2.28. The first kappa shape index (κ1) is 60.8. The number of carbonyl (C=O) groups is 4. The number of rotatable bonds is 50. The molecule has 0 saturated heterocycles. The summed E-state index contributed by atoms with van der Waals surface area (Å²) < 4.78 is 11.1. The molecule has 4 amide bonds. The van der Waals surface area contributed by atoms with Gasteiger partial charge in [-0.2, -0.15) is 0 Å². The summed E-state index contributed by atoms with van der Waals surface area (Å²) >= 11 is 0. The Bertz CT molecular complexity index is 993. The average Bonchev–Trinajstić information content (AvgIpc) is 3.27. The Morgan fingerprint density at radius 2 is 0.730 bits per heavy atom. The van der Waals surface area contributed by atoms with E-state index in [0.29, 0.717) is 59.0 Å². The quantitative estimate of drug-likeness (QED) is 0.0522. The molecule has 372 valence electrons. The first-order valence-corrected chi connectivity index (χ1v) is 27.1. The molecular formula is C53H104N4O6. The lowest BCUT2D eigenvalue weighted by atomic mass is 10.0. The van der Waals surface area contributed by atoms with E-state index < -0.39 is 6.04 Å². The van der Waals surface area contributed by atoms with Crippen molar-refractivity contribution in [3.63, 3.8) is 0 Å². The van der Waals surface area contributed by atoms with E-state index in [1.807, 2.05) is 11.8 Å². The van der Waals surface area contributed by atoms with Gasteiger partial charge in [0.15, 0.2) is 0 Å². The molecule has 10 heteroatoms. The SMILES string of the molecule is CCCCCCCCCCCCCCCCCCN(CCCCCCCCCCCCCCCCCC)C(=O)C(CCC(=O)NCCOCCOCCNC(=O)CCC)NC(C)=O. The molecule has 1 unspecified atom stereocenters. The van der Waals surface area contributed by atoms with Crippen molar-refractivity contribution in [3.8, 4) is 0 Å². The first-order valence-electron chi connectivity index (χ1n) is 27.1. The van der Waals surface area contributed by atoms with Crippen molar-refractivity contribution >= 4 is 23.6 Å². The smallest absolute Gasteiger partial charge is 0.245 e. The third kappa shape index (κ3) is 44.8. The van der Waals surface area contributed by atoms with Gasteiger partial charge in [-0.3, -0.25) is 19.2 Å². The van der Waals surface area contributed by atoms with Crippen molar-refractivity contribution < 1.29 is 28.7 Å². The van der Waals surface area contributed by atoms with Crippen LogP contribution in [0.3, 0.4) is 0 Å². The zero-order valence-electron chi connectivity index (χ0n) is 42.1. The Hall–Kier alpha value is -2.20. The molecule has 0 aliphatic carbocycles. The van der Waals surface area contributed by atoms with Crippen LogP contribution >= 0.6 is 0 Å². The molecule has 0 radical (unpaired) electrons. The second kappa shape index (κ2) is 49.2. The highest BCUT2D eigenvalue weighted by Gasteiger charge is 2.25. The minimum atomic E-state index is -0.712. The van der Waals surface area contributed by atoms with E-state index in [1.165, 1.54) is 187 Å². The summed E-state index contributed by atoms with van der Waals surface area (Å²) in [7, 11) is 0. The lowest BCUT2D eigenvalue weighted by Crippen LogP contribution is -2.49. The van der Waals surface area contributed by atoms with E-state index in [1.54, 1.807) is 0 Å². The standard InChI is InChI=1S/C53H104N4O6/c1-5-8-10-12-14-16-18-20-22-24-26-28-30-32-34-36-43-57(44-37-35-33-31-29-27-25-23-21-19-17-15-13-11-9-6-2)53(61)50(56-49(4)58)39-40-52(60)55-42-46-63-48-47-62-45-41-54-51(59)38-7-3/h50H,5-48H2,1-4H3,(H,54,59)(H,55,60)(H,56,58). The molecule has 0 aliphatic heterocycles. The molecule has 0 aromatic heterocycles. The highest BCUT2D eigenvalue weighted by molar-refractivity contribution is 5.87. The Morgan fingerprint density at radius 3 is 1.05 bits per heavy atom. The molecule has 10 nitrogen and oxygen atoms in total. The molecule has 0 bridgehead atoms. The van der Waals surface area contributed by atoms with Crippen LogP contribution in [-0.4, -0.2) is 87.2 Å². The topological polar surface area (TPSA) is 126 Å². The Morgan fingerprint density at radius 1 is 0.413 bits per heavy atom. The van der Waals surface area contributed by atoms with E-state index >= 15 is 0 Å². The summed E-state index contributed by atoms with van der Waals surface area (Å²) in [6, 6.07) is -0.712. The summed E-state index contributed by atoms with van der Waals surface area (Å²) in [5, 5.41) is 8.56. The summed E-state index contributed by atoms with van der Waals surface area (Å²) in [4.78, 5) is 52.5. The first-order chi connectivity index (χ1) is 30.8. The molecule has 0 rings (SSSR count). The molecule has 0 aromatic carbocycles. The highest BCUT2D eigenvalue weighted by Crippen LogP contribution is 2.17. The minimum Gasteiger partial charge on any atom is -0.377 e. The molecular weight excluding hydrogens is 789 g/mol. The van der Waals surface area contributed by atoms with Crippen LogP contribution < -0.4 is 16.0 Å². The summed E-state index contributed by atoms with van der Waals surface area (Å²) in [5.74, 6) is -0.442. The highest BCUT2D eigenvalue weighted by atomic mass is 16.5. The third-order valence-electron chi connectivity index (χ3n) is 12.2. The molecule has 0 aliphatic rings. The second-order valence-corrected chi connectivity index (χ2v) is 18.4. The van der Waals surface area contributed by atoms with Crippen LogP contribution in [0, 0.1) is 0 Å². The van der Waals surface area contributed by atoms with Crippen LogP contribution in [0.1, 0.15) is 259 Å². The molecule has 0 saturated carbocycles. The fraction of sp³-hybridized carbons (Fsp3) is 0.925. The van der Waals surface area contributed by atoms with Gasteiger partial charge in [0.25, 0.3) is 0 Å². The van der Waals surface area contributed by atoms with Gasteiger partial charge in [0.1, 0.15) is 6.04 Å². The molecule has 0 fully saturated rings. The number of nitrogens with zero attached hydrogens (tertiary/aromatic N) is 1. The molecule has 0 aromatic rings. The fourth-order valence-corrected chi connectivity index (χ4v) is 8.28. The van der Waals surface area contributed by atoms with E-state index in [4.69, 9.17) is 9.47 Å². The second-order valence-electron chi connectivity index (χ2n) is 18.4. The van der Waals surface area contributed by atoms with Crippen molar-refractivity contribution in [1.29, 1.82) is 0 Å². The number of ether oxygens (including phenoxy) is 2.